The molecule has 0 heterocycles. The number of hydrogen-bond acceptors (Lipinski definition) is 1. The summed E-state index contributed by atoms with van der Waals surface area (Å²) in [7, 11) is 0. The second kappa shape index (κ2) is 5.01. The molecule has 0 amide bonds. The van der Waals surface area contributed by atoms with E-state index < -0.39 is 11.6 Å². The molecule has 0 aliphatic heterocycles. The fourth-order valence-electron chi connectivity index (χ4n) is 3.94. The van der Waals surface area contributed by atoms with Gasteiger partial charge in [-0.25, -0.2) is 8.78 Å². The van der Waals surface area contributed by atoms with Gasteiger partial charge in [0, 0.05) is 6.04 Å². The minimum Gasteiger partial charge on any atom is -0.378 e. The summed E-state index contributed by atoms with van der Waals surface area (Å²) in [5.74, 6) is -0.972. The number of hydrogen-bond donors (Lipinski definition) is 1. The molecule has 20 heavy (non-hydrogen) atoms. The Morgan fingerprint density at radius 1 is 1.05 bits per heavy atom. The Hall–Kier alpha value is -1.12. The highest BCUT2D eigenvalue weighted by Crippen LogP contribution is 2.46. The molecule has 0 bridgehead atoms. The lowest BCUT2D eigenvalue weighted by molar-refractivity contribution is 0.105. The normalized spacial score (nSPS) is 21.8. The van der Waals surface area contributed by atoms with Crippen molar-refractivity contribution in [1.29, 1.82) is 0 Å². The average molecular weight is 281 g/mol. The number of halogens is 2. The van der Waals surface area contributed by atoms with Crippen molar-refractivity contribution in [2.24, 2.45) is 10.8 Å². The van der Waals surface area contributed by atoms with E-state index in [1.807, 2.05) is 0 Å². The molecule has 1 aliphatic carbocycles. The summed E-state index contributed by atoms with van der Waals surface area (Å²) < 4.78 is 28.0. The Morgan fingerprint density at radius 2 is 1.60 bits per heavy atom. The maximum atomic E-state index is 14.1. The Balaban J connectivity index is 2.24. The molecule has 1 aromatic carbocycles. The van der Waals surface area contributed by atoms with Crippen LogP contribution in [-0.2, 0) is 0 Å². The zero-order chi connectivity index (χ0) is 15.1. The number of anilines is 1. The van der Waals surface area contributed by atoms with Gasteiger partial charge in [0.1, 0.15) is 11.5 Å². The topological polar surface area (TPSA) is 12.0 Å². The monoisotopic (exact) mass is 281 g/mol. The number of benzene rings is 1. The summed E-state index contributed by atoms with van der Waals surface area (Å²) in [4.78, 5) is 0. The molecule has 1 saturated carbocycles. The fraction of sp³-hybridized carbons (Fsp3) is 0.647. The van der Waals surface area contributed by atoms with Crippen LogP contribution in [-0.4, -0.2) is 6.04 Å². The SMILES string of the molecule is Cc1ccc(F)c(NC2CC(C)(C)CC(C)(C)C2)c1F. The first-order valence-electron chi connectivity index (χ1n) is 7.31. The van der Waals surface area contributed by atoms with Crippen molar-refractivity contribution in [3.63, 3.8) is 0 Å². The lowest BCUT2D eigenvalue weighted by Gasteiger charge is -2.45. The molecule has 0 atom stereocenters. The minimum absolute atomic E-state index is 0.0310. The first-order valence-corrected chi connectivity index (χ1v) is 7.31. The third-order valence-electron chi connectivity index (χ3n) is 4.19. The molecular weight excluding hydrogens is 256 g/mol. The highest BCUT2D eigenvalue weighted by atomic mass is 19.1. The molecule has 0 radical (unpaired) electrons. The van der Waals surface area contributed by atoms with Crippen molar-refractivity contribution in [3.8, 4) is 0 Å². The van der Waals surface area contributed by atoms with E-state index in [1.54, 1.807) is 6.92 Å². The largest absolute Gasteiger partial charge is 0.378 e. The number of rotatable bonds is 2. The van der Waals surface area contributed by atoms with Crippen molar-refractivity contribution < 1.29 is 8.78 Å². The predicted octanol–water partition coefficient (Wildman–Crippen LogP) is 5.29. The molecule has 0 aromatic heterocycles. The van der Waals surface area contributed by atoms with Crippen LogP contribution >= 0.6 is 0 Å². The Kier molecular flexibility index (Phi) is 3.83. The van der Waals surface area contributed by atoms with Crippen molar-refractivity contribution in [1.82, 2.24) is 0 Å². The van der Waals surface area contributed by atoms with Crippen LogP contribution in [0.2, 0.25) is 0 Å². The quantitative estimate of drug-likeness (QED) is 0.776. The summed E-state index contributed by atoms with van der Waals surface area (Å²) in [5, 5.41) is 3.12. The van der Waals surface area contributed by atoms with Gasteiger partial charge >= 0.3 is 0 Å². The van der Waals surface area contributed by atoms with E-state index in [0.29, 0.717) is 5.56 Å². The molecule has 1 aromatic rings. The van der Waals surface area contributed by atoms with Crippen LogP contribution < -0.4 is 5.32 Å². The van der Waals surface area contributed by atoms with Gasteiger partial charge in [0.05, 0.1) is 0 Å². The lowest BCUT2D eigenvalue weighted by Crippen LogP contribution is -2.40. The summed E-state index contributed by atoms with van der Waals surface area (Å²) in [5.41, 5.74) is 0.888. The van der Waals surface area contributed by atoms with Crippen LogP contribution in [0.15, 0.2) is 12.1 Å². The van der Waals surface area contributed by atoms with E-state index in [4.69, 9.17) is 0 Å². The Morgan fingerprint density at radius 3 is 2.15 bits per heavy atom. The van der Waals surface area contributed by atoms with Gasteiger partial charge in [0.2, 0.25) is 0 Å². The van der Waals surface area contributed by atoms with Gasteiger partial charge in [0.15, 0.2) is 5.82 Å². The van der Waals surface area contributed by atoms with Crippen molar-refractivity contribution in [3.05, 3.63) is 29.3 Å². The van der Waals surface area contributed by atoms with E-state index in [9.17, 15) is 8.78 Å². The van der Waals surface area contributed by atoms with Crippen molar-refractivity contribution in [2.45, 2.75) is 59.9 Å². The van der Waals surface area contributed by atoms with Crippen LogP contribution in [0.4, 0.5) is 14.5 Å². The molecule has 1 aliphatic rings. The first kappa shape index (κ1) is 15.3. The Bertz CT molecular complexity index is 490. The molecule has 0 unspecified atom stereocenters. The molecular formula is C17H25F2N. The maximum absolute atomic E-state index is 14.1. The van der Waals surface area contributed by atoms with Gasteiger partial charge in [-0.1, -0.05) is 33.8 Å². The fourth-order valence-corrected chi connectivity index (χ4v) is 3.94. The molecule has 1 fully saturated rings. The predicted molar refractivity (Wildman–Crippen MR) is 79.9 cm³/mol. The zero-order valence-corrected chi connectivity index (χ0v) is 13.1. The highest BCUT2D eigenvalue weighted by Gasteiger charge is 2.38. The molecule has 3 heteroatoms. The van der Waals surface area contributed by atoms with Gasteiger partial charge in [-0.05, 0) is 48.6 Å². The second-order valence-corrected chi connectivity index (χ2v) is 7.81. The van der Waals surface area contributed by atoms with E-state index in [0.717, 1.165) is 19.3 Å². The molecule has 0 spiro atoms. The minimum atomic E-state index is -0.505. The molecule has 2 rings (SSSR count). The van der Waals surface area contributed by atoms with Crippen LogP contribution in [0.5, 0.6) is 0 Å². The first-order chi connectivity index (χ1) is 9.10. The van der Waals surface area contributed by atoms with Gasteiger partial charge in [-0.3, -0.25) is 0 Å². The van der Waals surface area contributed by atoms with E-state index in [1.165, 1.54) is 12.1 Å². The van der Waals surface area contributed by atoms with Crippen LogP contribution in [0.25, 0.3) is 0 Å². The van der Waals surface area contributed by atoms with E-state index >= 15 is 0 Å². The zero-order valence-electron chi connectivity index (χ0n) is 13.1. The van der Waals surface area contributed by atoms with E-state index in [2.05, 4.69) is 33.0 Å². The second-order valence-electron chi connectivity index (χ2n) is 7.81. The standard InChI is InChI=1S/C17H25F2N/c1-11-6-7-13(18)15(14(11)19)20-12-8-16(2,3)10-17(4,5)9-12/h6-7,12,20H,8-10H2,1-5H3. The van der Waals surface area contributed by atoms with Crippen LogP contribution in [0.1, 0.15) is 52.5 Å². The smallest absolute Gasteiger partial charge is 0.152 e. The summed E-state index contributed by atoms with van der Waals surface area (Å²) in [6.07, 6.45) is 3.00. The summed E-state index contributed by atoms with van der Waals surface area (Å²) >= 11 is 0. The molecule has 1 nitrogen and oxygen atoms in total. The van der Waals surface area contributed by atoms with Gasteiger partial charge in [-0.15, -0.1) is 0 Å². The highest BCUT2D eigenvalue weighted by molar-refractivity contribution is 5.49. The van der Waals surface area contributed by atoms with Crippen LogP contribution in [0, 0.1) is 29.4 Å². The number of nitrogens with one attached hydrogen (secondary N) is 1. The third kappa shape index (κ3) is 3.31. The summed E-state index contributed by atoms with van der Waals surface area (Å²) in [6.45, 7) is 10.6. The van der Waals surface area contributed by atoms with Crippen molar-refractivity contribution >= 4 is 5.69 Å². The summed E-state index contributed by atoms with van der Waals surface area (Å²) in [6, 6.07) is 2.92. The number of aryl methyl sites for hydroxylation is 1. The third-order valence-corrected chi connectivity index (χ3v) is 4.19. The molecule has 1 N–H and O–H groups in total. The maximum Gasteiger partial charge on any atom is 0.152 e. The van der Waals surface area contributed by atoms with E-state index in [-0.39, 0.29) is 22.6 Å². The van der Waals surface area contributed by atoms with Crippen LogP contribution in [0.3, 0.4) is 0 Å². The average Bonchev–Trinajstić information content (AvgIpc) is 2.25. The lowest BCUT2D eigenvalue weighted by atomic mass is 9.63. The van der Waals surface area contributed by atoms with Gasteiger partial charge < -0.3 is 5.32 Å². The Labute approximate surface area is 120 Å². The van der Waals surface area contributed by atoms with Gasteiger partial charge in [0.25, 0.3) is 0 Å². The molecule has 0 saturated heterocycles. The van der Waals surface area contributed by atoms with Crippen molar-refractivity contribution in [2.75, 3.05) is 5.32 Å². The van der Waals surface area contributed by atoms with Gasteiger partial charge in [-0.2, -0.15) is 0 Å². The molecule has 112 valence electrons.